The standard InChI is InChI=1S/C19H22O3/c1-19-7-6-15-14-5-3-13(21)8-11(14)2-4-16(15)17(19)9-12(10-20)18(19)22/h3,5,8,10,15-17,20-21H,2,4,6-7,9H2,1H3/t15-,16-,17+,19+/m1/s1. The molecule has 4 rings (SSSR count). The van der Waals surface area contributed by atoms with Gasteiger partial charge in [-0.25, -0.2) is 0 Å². The van der Waals surface area contributed by atoms with Gasteiger partial charge in [-0.3, -0.25) is 4.79 Å². The lowest BCUT2D eigenvalue weighted by Crippen LogP contribution is -2.42. The predicted molar refractivity (Wildman–Crippen MR) is 83.8 cm³/mol. The van der Waals surface area contributed by atoms with Gasteiger partial charge in [0.05, 0.1) is 6.26 Å². The minimum Gasteiger partial charge on any atom is -0.515 e. The summed E-state index contributed by atoms with van der Waals surface area (Å²) in [7, 11) is 0. The van der Waals surface area contributed by atoms with Gasteiger partial charge >= 0.3 is 0 Å². The van der Waals surface area contributed by atoms with E-state index < -0.39 is 0 Å². The number of hydrogen-bond acceptors (Lipinski definition) is 3. The van der Waals surface area contributed by atoms with Crippen LogP contribution in [-0.2, 0) is 11.2 Å². The molecule has 0 bridgehead atoms. The van der Waals surface area contributed by atoms with Gasteiger partial charge in [0.2, 0.25) is 0 Å². The van der Waals surface area contributed by atoms with Crippen LogP contribution in [0.5, 0.6) is 5.75 Å². The number of fused-ring (bicyclic) bond motifs is 5. The molecule has 2 saturated carbocycles. The van der Waals surface area contributed by atoms with Crippen LogP contribution in [0.1, 0.15) is 49.7 Å². The monoisotopic (exact) mass is 298 g/mol. The van der Waals surface area contributed by atoms with Crippen molar-refractivity contribution in [2.75, 3.05) is 0 Å². The van der Waals surface area contributed by atoms with Crippen LogP contribution < -0.4 is 0 Å². The first-order chi connectivity index (χ1) is 10.5. The highest BCUT2D eigenvalue weighted by molar-refractivity contribution is 6.02. The lowest BCUT2D eigenvalue weighted by atomic mass is 9.55. The van der Waals surface area contributed by atoms with Gasteiger partial charge in [-0.15, -0.1) is 0 Å². The Kier molecular flexibility index (Phi) is 2.91. The normalized spacial score (nSPS) is 38.5. The molecule has 0 heterocycles. The van der Waals surface area contributed by atoms with Crippen molar-refractivity contribution in [3.8, 4) is 5.75 Å². The second kappa shape index (κ2) is 4.61. The minimum atomic E-state index is -0.288. The van der Waals surface area contributed by atoms with Crippen LogP contribution in [0.15, 0.2) is 30.0 Å². The number of benzene rings is 1. The van der Waals surface area contributed by atoms with E-state index in [1.807, 2.05) is 6.07 Å². The van der Waals surface area contributed by atoms with Gasteiger partial charge in [0, 0.05) is 11.0 Å². The van der Waals surface area contributed by atoms with Crippen molar-refractivity contribution < 1.29 is 15.0 Å². The summed E-state index contributed by atoms with van der Waals surface area (Å²) in [4.78, 5) is 12.6. The molecule has 3 nitrogen and oxygen atoms in total. The summed E-state index contributed by atoms with van der Waals surface area (Å²) in [5.74, 6) is 1.86. The van der Waals surface area contributed by atoms with Crippen LogP contribution >= 0.6 is 0 Å². The first-order valence-electron chi connectivity index (χ1n) is 8.24. The number of rotatable bonds is 0. The second-order valence-corrected chi connectivity index (χ2v) is 7.44. The molecule has 4 atom stereocenters. The summed E-state index contributed by atoms with van der Waals surface area (Å²) in [5.41, 5.74) is 2.96. The quantitative estimate of drug-likeness (QED) is 0.564. The molecule has 0 saturated heterocycles. The van der Waals surface area contributed by atoms with Crippen molar-refractivity contribution in [3.63, 3.8) is 0 Å². The number of aromatic hydroxyl groups is 1. The third-order valence-corrected chi connectivity index (χ3v) is 6.51. The van der Waals surface area contributed by atoms with Crippen LogP contribution in [0, 0.1) is 17.3 Å². The van der Waals surface area contributed by atoms with Gasteiger partial charge in [-0.2, -0.15) is 0 Å². The third-order valence-electron chi connectivity index (χ3n) is 6.51. The summed E-state index contributed by atoms with van der Waals surface area (Å²) in [5, 5.41) is 19.1. The average molecular weight is 298 g/mol. The Hall–Kier alpha value is -1.77. The number of Topliss-reactive ketones (excluding diaryl/α,β-unsaturated/α-hetero) is 1. The highest BCUT2D eigenvalue weighted by Crippen LogP contribution is 2.60. The summed E-state index contributed by atoms with van der Waals surface area (Å²) < 4.78 is 0. The van der Waals surface area contributed by atoms with E-state index in [1.54, 1.807) is 6.07 Å². The molecular weight excluding hydrogens is 276 g/mol. The zero-order valence-corrected chi connectivity index (χ0v) is 12.9. The van der Waals surface area contributed by atoms with Crippen LogP contribution in [0.3, 0.4) is 0 Å². The fraction of sp³-hybridized carbons (Fsp3) is 0.526. The number of aliphatic hydroxyl groups is 1. The molecule has 0 amide bonds. The molecule has 0 aliphatic heterocycles. The summed E-state index contributed by atoms with van der Waals surface area (Å²) in [6.07, 6.45) is 5.74. The van der Waals surface area contributed by atoms with Gasteiger partial charge in [0.15, 0.2) is 5.78 Å². The number of allylic oxidation sites excluding steroid dienone is 1. The maximum atomic E-state index is 12.6. The highest BCUT2D eigenvalue weighted by Gasteiger charge is 2.56. The molecule has 116 valence electrons. The van der Waals surface area contributed by atoms with Gasteiger partial charge in [-0.1, -0.05) is 13.0 Å². The zero-order chi connectivity index (χ0) is 15.5. The minimum absolute atomic E-state index is 0.162. The molecule has 0 aromatic heterocycles. The van der Waals surface area contributed by atoms with Gasteiger partial charge in [0.25, 0.3) is 0 Å². The Morgan fingerprint density at radius 1 is 1.32 bits per heavy atom. The SMILES string of the molecule is C[C@]12CC[C@@H]3c4ccc(O)cc4CC[C@H]3[C@@H]1CC(=CO)C2=O. The average Bonchev–Trinajstić information content (AvgIpc) is 2.78. The highest BCUT2D eigenvalue weighted by atomic mass is 16.3. The van der Waals surface area contributed by atoms with Gasteiger partial charge in [-0.05, 0) is 73.1 Å². The number of aliphatic hydroxyl groups excluding tert-OH is 1. The Balaban J connectivity index is 1.74. The summed E-state index contributed by atoms with van der Waals surface area (Å²) >= 11 is 0. The summed E-state index contributed by atoms with van der Waals surface area (Å²) in [6, 6.07) is 5.76. The number of hydrogen-bond donors (Lipinski definition) is 2. The van der Waals surface area contributed by atoms with E-state index in [-0.39, 0.29) is 11.2 Å². The molecule has 3 aliphatic rings. The maximum Gasteiger partial charge on any atom is 0.168 e. The number of ketones is 1. The van der Waals surface area contributed by atoms with Crippen molar-refractivity contribution in [1.29, 1.82) is 0 Å². The van der Waals surface area contributed by atoms with Gasteiger partial charge < -0.3 is 10.2 Å². The molecule has 3 aliphatic carbocycles. The van der Waals surface area contributed by atoms with Crippen molar-refractivity contribution in [3.05, 3.63) is 41.2 Å². The van der Waals surface area contributed by atoms with Crippen molar-refractivity contribution >= 4 is 5.78 Å². The molecule has 0 spiro atoms. The molecule has 2 N–H and O–H groups in total. The van der Waals surface area contributed by atoms with Crippen molar-refractivity contribution in [2.45, 2.75) is 44.9 Å². The third kappa shape index (κ3) is 1.71. The Bertz CT molecular complexity index is 675. The van der Waals surface area contributed by atoms with Crippen LogP contribution in [0.4, 0.5) is 0 Å². The molecule has 22 heavy (non-hydrogen) atoms. The fourth-order valence-electron chi connectivity index (χ4n) is 5.36. The fourth-order valence-corrected chi connectivity index (χ4v) is 5.36. The maximum absolute atomic E-state index is 12.6. The first-order valence-corrected chi connectivity index (χ1v) is 8.24. The van der Waals surface area contributed by atoms with Crippen LogP contribution in [0.2, 0.25) is 0 Å². The molecule has 0 unspecified atom stereocenters. The number of aryl methyl sites for hydroxylation is 1. The molecule has 0 radical (unpaired) electrons. The van der Waals surface area contributed by atoms with E-state index in [4.69, 9.17) is 0 Å². The van der Waals surface area contributed by atoms with E-state index >= 15 is 0 Å². The van der Waals surface area contributed by atoms with Crippen LogP contribution in [0.25, 0.3) is 0 Å². The lowest BCUT2D eigenvalue weighted by Gasteiger charge is -2.48. The van der Waals surface area contributed by atoms with E-state index in [0.29, 0.717) is 29.1 Å². The zero-order valence-electron chi connectivity index (χ0n) is 12.9. The van der Waals surface area contributed by atoms with E-state index in [2.05, 4.69) is 13.0 Å². The lowest BCUT2D eigenvalue weighted by molar-refractivity contribution is -0.127. The van der Waals surface area contributed by atoms with Gasteiger partial charge in [0.1, 0.15) is 5.75 Å². The number of phenols is 1. The number of carbonyl (C=O) groups is 1. The second-order valence-electron chi connectivity index (χ2n) is 7.44. The number of phenolic OH excluding ortho intramolecular Hbond substituents is 1. The first kappa shape index (κ1) is 13.9. The van der Waals surface area contributed by atoms with E-state index in [0.717, 1.165) is 38.4 Å². The molecule has 3 heteroatoms. The molecule has 1 aromatic rings. The number of carbonyl (C=O) groups excluding carboxylic acids is 1. The molecule has 1 aromatic carbocycles. The Labute approximate surface area is 130 Å². The molecule has 2 fully saturated rings. The molecular formula is C19H22O3. The smallest absolute Gasteiger partial charge is 0.168 e. The van der Waals surface area contributed by atoms with Crippen molar-refractivity contribution in [2.24, 2.45) is 17.3 Å². The summed E-state index contributed by atoms with van der Waals surface area (Å²) in [6.45, 7) is 2.10. The Morgan fingerprint density at radius 3 is 2.91 bits per heavy atom. The predicted octanol–water partition coefficient (Wildman–Crippen LogP) is 3.87. The largest absolute Gasteiger partial charge is 0.515 e. The van der Waals surface area contributed by atoms with E-state index in [9.17, 15) is 15.0 Å². The van der Waals surface area contributed by atoms with Crippen LogP contribution in [-0.4, -0.2) is 16.0 Å². The Morgan fingerprint density at radius 2 is 2.14 bits per heavy atom. The van der Waals surface area contributed by atoms with Crippen molar-refractivity contribution in [1.82, 2.24) is 0 Å². The topological polar surface area (TPSA) is 57.5 Å². The van der Waals surface area contributed by atoms with E-state index in [1.165, 1.54) is 11.1 Å².